The zero-order valence-corrected chi connectivity index (χ0v) is 17.1. The summed E-state index contributed by atoms with van der Waals surface area (Å²) in [5.74, 6) is 0.174. The molecule has 0 aromatic heterocycles. The molecule has 0 amide bonds. The molecule has 148 valence electrons. The van der Waals surface area contributed by atoms with Gasteiger partial charge in [0.15, 0.2) is 0 Å². The fraction of sp³-hybridized carbons (Fsp3) is 0.300. The van der Waals surface area contributed by atoms with E-state index in [0.717, 1.165) is 22.3 Å². The first-order chi connectivity index (χ1) is 13.2. The third-order valence-corrected chi connectivity index (χ3v) is 4.34. The molecule has 0 atom stereocenters. The van der Waals surface area contributed by atoms with Crippen molar-refractivity contribution in [3.05, 3.63) is 58.7 Å². The Morgan fingerprint density at radius 1 is 0.786 bits per heavy atom. The van der Waals surface area contributed by atoms with Crippen LogP contribution in [0.15, 0.2) is 36.4 Å². The fourth-order valence-electron chi connectivity index (χ4n) is 2.43. The average Bonchev–Trinajstić information content (AvgIpc) is 2.61. The van der Waals surface area contributed by atoms with Crippen LogP contribution in [-0.2, 0) is 36.4 Å². The van der Waals surface area contributed by atoms with Crippen molar-refractivity contribution in [2.45, 2.75) is 40.9 Å². The summed E-state index contributed by atoms with van der Waals surface area (Å²) in [5, 5.41) is 0. The molecule has 0 saturated heterocycles. The van der Waals surface area contributed by atoms with Gasteiger partial charge in [-0.05, 0) is 60.4 Å². The second-order valence-corrected chi connectivity index (χ2v) is 7.12. The second-order valence-electron chi connectivity index (χ2n) is 6.16. The number of carbonyl (C=O) groups is 2. The van der Waals surface area contributed by atoms with Crippen LogP contribution in [0.2, 0.25) is 0 Å². The smallest absolute Gasteiger partial charge is 0.426 e. The van der Waals surface area contributed by atoms with Gasteiger partial charge in [0, 0.05) is 18.4 Å². The number of hydrogen-bond donors (Lipinski definition) is 0. The van der Waals surface area contributed by atoms with Crippen LogP contribution < -0.4 is 9.47 Å². The van der Waals surface area contributed by atoms with E-state index in [-0.39, 0.29) is 25.2 Å². The van der Waals surface area contributed by atoms with Gasteiger partial charge in [-0.15, -0.1) is 9.05 Å². The van der Waals surface area contributed by atoms with E-state index < -0.39 is 8.25 Å². The standard InChI is InChI=1S/C20H22O7P/c1-13-9-17(5-7-19(13)26-15(3)21)11-24-28(23)25-12-18-6-8-20(14(2)10-18)27-16(4)22/h5-10H,11-12H2,1-4H3/q+1. The van der Waals surface area contributed by atoms with Crippen LogP contribution >= 0.6 is 8.25 Å². The predicted molar refractivity (Wildman–Crippen MR) is 102 cm³/mol. The lowest BCUT2D eigenvalue weighted by atomic mass is 10.1. The summed E-state index contributed by atoms with van der Waals surface area (Å²) in [5.41, 5.74) is 3.11. The molecule has 2 rings (SSSR count). The number of carbonyl (C=O) groups excluding carboxylic acids is 2. The van der Waals surface area contributed by atoms with E-state index in [4.69, 9.17) is 18.5 Å². The minimum absolute atomic E-state index is 0.0980. The quantitative estimate of drug-likeness (QED) is 0.362. The number of esters is 2. The highest BCUT2D eigenvalue weighted by atomic mass is 31.1. The van der Waals surface area contributed by atoms with Gasteiger partial charge >= 0.3 is 20.2 Å². The van der Waals surface area contributed by atoms with Gasteiger partial charge in [-0.25, -0.2) is 0 Å². The lowest BCUT2D eigenvalue weighted by Crippen LogP contribution is -2.03. The van der Waals surface area contributed by atoms with Crippen LogP contribution in [0.1, 0.15) is 36.1 Å². The maximum absolute atomic E-state index is 11.9. The molecular formula is C20H22O7P+. The topological polar surface area (TPSA) is 88.1 Å². The largest absolute Gasteiger partial charge is 0.698 e. The fourth-order valence-corrected chi connectivity index (χ4v) is 3.02. The van der Waals surface area contributed by atoms with E-state index >= 15 is 0 Å². The first-order valence-electron chi connectivity index (χ1n) is 8.53. The summed E-state index contributed by atoms with van der Waals surface area (Å²) in [6, 6.07) is 10.4. The third kappa shape index (κ3) is 6.85. The maximum atomic E-state index is 11.9. The molecule has 0 bridgehead atoms. The molecule has 0 radical (unpaired) electrons. The highest BCUT2D eigenvalue weighted by Crippen LogP contribution is 2.29. The van der Waals surface area contributed by atoms with E-state index in [1.54, 1.807) is 50.2 Å². The van der Waals surface area contributed by atoms with Crippen LogP contribution in [0.25, 0.3) is 0 Å². The summed E-state index contributed by atoms with van der Waals surface area (Å²) in [6.45, 7) is 6.48. The molecule has 0 spiro atoms. The number of hydrogen-bond acceptors (Lipinski definition) is 7. The van der Waals surface area contributed by atoms with Crippen molar-refractivity contribution in [3.8, 4) is 11.5 Å². The van der Waals surface area contributed by atoms with Gasteiger partial charge in [-0.2, -0.15) is 0 Å². The molecule has 0 N–H and O–H groups in total. The van der Waals surface area contributed by atoms with Crippen LogP contribution in [0.3, 0.4) is 0 Å². The molecule has 0 aliphatic heterocycles. The predicted octanol–water partition coefficient (Wildman–Crippen LogP) is 4.54. The van der Waals surface area contributed by atoms with Gasteiger partial charge in [0.1, 0.15) is 24.7 Å². The van der Waals surface area contributed by atoms with Gasteiger partial charge in [0.2, 0.25) is 0 Å². The van der Waals surface area contributed by atoms with Crippen LogP contribution in [-0.4, -0.2) is 11.9 Å². The molecule has 0 saturated carbocycles. The van der Waals surface area contributed by atoms with Gasteiger partial charge in [0.25, 0.3) is 0 Å². The Kier molecular flexibility index (Phi) is 7.81. The van der Waals surface area contributed by atoms with Gasteiger partial charge < -0.3 is 9.47 Å². The number of aryl methyl sites for hydroxylation is 2. The van der Waals surface area contributed by atoms with Crippen LogP contribution in [0.5, 0.6) is 11.5 Å². The maximum Gasteiger partial charge on any atom is 0.698 e. The molecular weight excluding hydrogens is 383 g/mol. The SMILES string of the molecule is CC(=O)Oc1ccc(CO[P+](=O)OCc2ccc(OC(C)=O)c(C)c2)cc1C. The lowest BCUT2D eigenvalue weighted by molar-refractivity contribution is -0.132. The van der Waals surface area contributed by atoms with Crippen molar-refractivity contribution >= 4 is 20.2 Å². The summed E-state index contributed by atoms with van der Waals surface area (Å²) >= 11 is 0. The first kappa shape index (κ1) is 21.7. The molecule has 0 unspecified atom stereocenters. The third-order valence-electron chi connectivity index (χ3n) is 3.66. The Bertz CT molecular complexity index is 821. The zero-order valence-electron chi connectivity index (χ0n) is 16.2. The Labute approximate surface area is 164 Å². The summed E-state index contributed by atoms with van der Waals surface area (Å²) in [4.78, 5) is 22.0. The van der Waals surface area contributed by atoms with Crippen molar-refractivity contribution in [2.24, 2.45) is 0 Å². The Balaban J connectivity index is 1.84. The summed E-state index contributed by atoms with van der Waals surface area (Å²) < 4.78 is 32.6. The normalized spacial score (nSPS) is 10.4. The monoisotopic (exact) mass is 405 g/mol. The van der Waals surface area contributed by atoms with Crippen molar-refractivity contribution < 1.29 is 32.7 Å². The van der Waals surface area contributed by atoms with E-state index in [1.165, 1.54) is 13.8 Å². The van der Waals surface area contributed by atoms with Gasteiger partial charge in [0.05, 0.1) is 0 Å². The van der Waals surface area contributed by atoms with E-state index in [2.05, 4.69) is 0 Å². The second kappa shape index (κ2) is 10.1. The van der Waals surface area contributed by atoms with Gasteiger partial charge in [-0.3, -0.25) is 9.59 Å². The first-order valence-corrected chi connectivity index (χ1v) is 9.63. The molecule has 8 heteroatoms. The highest BCUT2D eigenvalue weighted by molar-refractivity contribution is 7.33. The molecule has 0 fully saturated rings. The molecule has 7 nitrogen and oxygen atoms in total. The highest BCUT2D eigenvalue weighted by Gasteiger charge is 2.21. The van der Waals surface area contributed by atoms with Crippen molar-refractivity contribution in [2.75, 3.05) is 0 Å². The number of benzene rings is 2. The molecule has 28 heavy (non-hydrogen) atoms. The summed E-state index contributed by atoms with van der Waals surface area (Å²) in [6.07, 6.45) is 0. The van der Waals surface area contributed by atoms with E-state index in [0.29, 0.717) is 11.5 Å². The molecule has 0 heterocycles. The molecule has 0 aliphatic rings. The van der Waals surface area contributed by atoms with Crippen LogP contribution in [0.4, 0.5) is 0 Å². The van der Waals surface area contributed by atoms with E-state index in [1.807, 2.05) is 0 Å². The molecule has 0 aliphatic carbocycles. The van der Waals surface area contributed by atoms with Crippen molar-refractivity contribution in [1.82, 2.24) is 0 Å². The zero-order chi connectivity index (χ0) is 20.7. The lowest BCUT2D eigenvalue weighted by Gasteiger charge is -2.06. The average molecular weight is 405 g/mol. The Morgan fingerprint density at radius 3 is 1.50 bits per heavy atom. The number of ether oxygens (including phenoxy) is 2. The Morgan fingerprint density at radius 2 is 1.18 bits per heavy atom. The van der Waals surface area contributed by atoms with Crippen molar-refractivity contribution in [3.63, 3.8) is 0 Å². The molecule has 2 aromatic rings. The molecule has 2 aromatic carbocycles. The minimum Gasteiger partial charge on any atom is -0.426 e. The van der Waals surface area contributed by atoms with Gasteiger partial charge in [-0.1, -0.05) is 12.1 Å². The van der Waals surface area contributed by atoms with E-state index in [9.17, 15) is 14.2 Å². The Hall–Kier alpha value is -2.60. The number of rotatable bonds is 8. The van der Waals surface area contributed by atoms with Crippen molar-refractivity contribution in [1.29, 1.82) is 0 Å². The summed E-state index contributed by atoms with van der Waals surface area (Å²) in [7, 11) is -2.31. The minimum atomic E-state index is -2.31. The van der Waals surface area contributed by atoms with Crippen LogP contribution in [0, 0.1) is 13.8 Å².